The standard InChI is InChI=1S/C16H17N5O/c1-11-9-14(18-15-10-12(2)22-20-15)19-16(17-11)21(3)13-7-5-4-6-8-13/h4-10H,1-3H3,(H,17,18,19,20). The summed E-state index contributed by atoms with van der Waals surface area (Å²) in [5.41, 5.74) is 1.90. The number of hydrogen-bond donors (Lipinski definition) is 1. The molecule has 0 aliphatic carbocycles. The predicted molar refractivity (Wildman–Crippen MR) is 85.8 cm³/mol. The van der Waals surface area contributed by atoms with Crippen molar-refractivity contribution in [2.75, 3.05) is 17.3 Å². The summed E-state index contributed by atoms with van der Waals surface area (Å²) >= 11 is 0. The molecule has 3 aromatic rings. The molecular formula is C16H17N5O. The zero-order valence-corrected chi connectivity index (χ0v) is 12.7. The molecule has 0 aliphatic heterocycles. The lowest BCUT2D eigenvalue weighted by atomic mass is 10.3. The van der Waals surface area contributed by atoms with Gasteiger partial charge in [0.2, 0.25) is 5.95 Å². The highest BCUT2D eigenvalue weighted by molar-refractivity contribution is 5.59. The van der Waals surface area contributed by atoms with Gasteiger partial charge in [-0.2, -0.15) is 4.98 Å². The fraction of sp³-hybridized carbons (Fsp3) is 0.188. The van der Waals surface area contributed by atoms with Crippen LogP contribution in [0.1, 0.15) is 11.5 Å². The summed E-state index contributed by atoms with van der Waals surface area (Å²) in [5.74, 6) is 2.67. The zero-order valence-electron chi connectivity index (χ0n) is 12.7. The molecule has 0 amide bonds. The summed E-state index contributed by atoms with van der Waals surface area (Å²) in [7, 11) is 1.94. The highest BCUT2D eigenvalue weighted by Gasteiger charge is 2.10. The van der Waals surface area contributed by atoms with Gasteiger partial charge in [-0.1, -0.05) is 23.4 Å². The maximum Gasteiger partial charge on any atom is 0.231 e. The average molecular weight is 295 g/mol. The van der Waals surface area contributed by atoms with E-state index in [0.29, 0.717) is 17.6 Å². The summed E-state index contributed by atoms with van der Waals surface area (Å²) in [6.45, 7) is 3.78. The summed E-state index contributed by atoms with van der Waals surface area (Å²) in [5, 5.41) is 7.04. The predicted octanol–water partition coefficient (Wildman–Crippen LogP) is 3.59. The first kappa shape index (κ1) is 14.1. The molecule has 6 heteroatoms. The molecule has 0 bridgehead atoms. The first-order chi connectivity index (χ1) is 10.6. The summed E-state index contributed by atoms with van der Waals surface area (Å²) < 4.78 is 5.05. The Morgan fingerprint density at radius 1 is 1.00 bits per heavy atom. The highest BCUT2D eigenvalue weighted by Crippen LogP contribution is 2.22. The molecule has 112 valence electrons. The van der Waals surface area contributed by atoms with Crippen LogP contribution in [0.15, 0.2) is 47.0 Å². The summed E-state index contributed by atoms with van der Waals surface area (Å²) in [4.78, 5) is 11.0. The maximum absolute atomic E-state index is 5.05. The van der Waals surface area contributed by atoms with Crippen LogP contribution in [0, 0.1) is 13.8 Å². The highest BCUT2D eigenvalue weighted by atomic mass is 16.5. The molecule has 22 heavy (non-hydrogen) atoms. The quantitative estimate of drug-likeness (QED) is 0.793. The van der Waals surface area contributed by atoms with Gasteiger partial charge in [-0.3, -0.25) is 0 Å². The summed E-state index contributed by atoms with van der Waals surface area (Å²) in [6.07, 6.45) is 0. The van der Waals surface area contributed by atoms with Crippen LogP contribution in [0.3, 0.4) is 0 Å². The molecule has 0 atom stereocenters. The third kappa shape index (κ3) is 3.06. The molecule has 1 aromatic carbocycles. The van der Waals surface area contributed by atoms with Gasteiger partial charge < -0.3 is 14.7 Å². The van der Waals surface area contributed by atoms with Crippen LogP contribution in [0.5, 0.6) is 0 Å². The van der Waals surface area contributed by atoms with Gasteiger partial charge >= 0.3 is 0 Å². The Bertz CT molecular complexity index is 769. The molecule has 0 fully saturated rings. The van der Waals surface area contributed by atoms with Gasteiger partial charge in [-0.15, -0.1) is 0 Å². The molecule has 2 aromatic heterocycles. The molecule has 0 aliphatic rings. The van der Waals surface area contributed by atoms with Crippen molar-refractivity contribution in [1.29, 1.82) is 0 Å². The number of aryl methyl sites for hydroxylation is 2. The van der Waals surface area contributed by atoms with Crippen LogP contribution in [0.4, 0.5) is 23.3 Å². The second-order valence-electron chi connectivity index (χ2n) is 5.04. The lowest BCUT2D eigenvalue weighted by Crippen LogP contribution is -2.14. The Morgan fingerprint density at radius 3 is 2.45 bits per heavy atom. The van der Waals surface area contributed by atoms with Crippen molar-refractivity contribution in [3.8, 4) is 0 Å². The molecule has 2 heterocycles. The largest absolute Gasteiger partial charge is 0.360 e. The summed E-state index contributed by atoms with van der Waals surface area (Å²) in [6, 6.07) is 13.7. The van der Waals surface area contributed by atoms with E-state index in [9.17, 15) is 0 Å². The molecule has 0 radical (unpaired) electrons. The van der Waals surface area contributed by atoms with Gasteiger partial charge in [-0.05, 0) is 26.0 Å². The SMILES string of the molecule is Cc1cc(Nc2cc(C)on2)nc(N(C)c2ccccc2)n1. The fourth-order valence-electron chi connectivity index (χ4n) is 2.09. The number of benzene rings is 1. The normalized spacial score (nSPS) is 10.5. The lowest BCUT2D eigenvalue weighted by molar-refractivity contribution is 0.400. The smallest absolute Gasteiger partial charge is 0.231 e. The van der Waals surface area contributed by atoms with Crippen molar-refractivity contribution in [1.82, 2.24) is 15.1 Å². The van der Waals surface area contributed by atoms with Crippen LogP contribution < -0.4 is 10.2 Å². The van der Waals surface area contributed by atoms with Crippen molar-refractivity contribution < 1.29 is 4.52 Å². The van der Waals surface area contributed by atoms with Crippen LogP contribution in [-0.2, 0) is 0 Å². The van der Waals surface area contributed by atoms with Gasteiger partial charge in [-0.25, -0.2) is 4.98 Å². The van der Waals surface area contributed by atoms with E-state index in [2.05, 4.69) is 20.4 Å². The minimum absolute atomic E-state index is 0.619. The molecule has 3 rings (SSSR count). The number of hydrogen-bond acceptors (Lipinski definition) is 6. The van der Waals surface area contributed by atoms with E-state index in [1.807, 2.05) is 68.3 Å². The first-order valence-electron chi connectivity index (χ1n) is 6.96. The Kier molecular flexibility index (Phi) is 3.74. The number of aromatic nitrogens is 3. The minimum Gasteiger partial charge on any atom is -0.360 e. The van der Waals surface area contributed by atoms with E-state index in [4.69, 9.17) is 4.52 Å². The molecular weight excluding hydrogens is 278 g/mol. The number of nitrogens with one attached hydrogen (secondary N) is 1. The van der Waals surface area contributed by atoms with Crippen molar-refractivity contribution in [3.05, 3.63) is 53.9 Å². The number of nitrogens with zero attached hydrogens (tertiary/aromatic N) is 4. The van der Waals surface area contributed by atoms with E-state index in [-0.39, 0.29) is 0 Å². The first-order valence-corrected chi connectivity index (χ1v) is 6.96. The Balaban J connectivity index is 1.89. The maximum atomic E-state index is 5.05. The fourth-order valence-corrected chi connectivity index (χ4v) is 2.09. The molecule has 0 saturated carbocycles. The van der Waals surface area contributed by atoms with Crippen molar-refractivity contribution >= 4 is 23.3 Å². The van der Waals surface area contributed by atoms with Gasteiger partial charge in [0.1, 0.15) is 11.6 Å². The second-order valence-corrected chi connectivity index (χ2v) is 5.04. The van der Waals surface area contributed by atoms with Gasteiger partial charge in [0.05, 0.1) is 0 Å². The zero-order chi connectivity index (χ0) is 15.5. The van der Waals surface area contributed by atoms with E-state index in [1.165, 1.54) is 0 Å². The van der Waals surface area contributed by atoms with Crippen LogP contribution in [-0.4, -0.2) is 22.2 Å². The third-order valence-electron chi connectivity index (χ3n) is 3.17. The Hall–Kier alpha value is -2.89. The van der Waals surface area contributed by atoms with Crippen molar-refractivity contribution in [2.24, 2.45) is 0 Å². The second kappa shape index (κ2) is 5.85. The Labute approximate surface area is 128 Å². The monoisotopic (exact) mass is 295 g/mol. The van der Waals surface area contributed by atoms with E-state index in [0.717, 1.165) is 17.1 Å². The molecule has 0 unspecified atom stereocenters. The molecule has 0 spiro atoms. The van der Waals surface area contributed by atoms with Gasteiger partial charge in [0, 0.05) is 30.6 Å². The van der Waals surface area contributed by atoms with E-state index < -0.39 is 0 Å². The van der Waals surface area contributed by atoms with Gasteiger partial charge in [0.25, 0.3) is 0 Å². The van der Waals surface area contributed by atoms with E-state index in [1.54, 1.807) is 0 Å². The molecule has 1 N–H and O–H groups in total. The third-order valence-corrected chi connectivity index (χ3v) is 3.17. The Morgan fingerprint density at radius 2 is 1.77 bits per heavy atom. The van der Waals surface area contributed by atoms with Crippen molar-refractivity contribution in [3.63, 3.8) is 0 Å². The van der Waals surface area contributed by atoms with Crippen LogP contribution in [0.25, 0.3) is 0 Å². The topological polar surface area (TPSA) is 67.1 Å². The number of rotatable bonds is 4. The number of anilines is 4. The molecule has 0 saturated heterocycles. The van der Waals surface area contributed by atoms with Gasteiger partial charge in [0.15, 0.2) is 5.82 Å². The lowest BCUT2D eigenvalue weighted by Gasteiger charge is -2.18. The van der Waals surface area contributed by atoms with Crippen LogP contribution in [0.2, 0.25) is 0 Å². The van der Waals surface area contributed by atoms with E-state index >= 15 is 0 Å². The average Bonchev–Trinajstić information content (AvgIpc) is 2.92. The number of para-hydroxylation sites is 1. The minimum atomic E-state index is 0.619. The molecule has 6 nitrogen and oxygen atoms in total. The van der Waals surface area contributed by atoms with Crippen molar-refractivity contribution in [2.45, 2.75) is 13.8 Å². The van der Waals surface area contributed by atoms with Crippen LogP contribution >= 0.6 is 0 Å².